The predicted octanol–water partition coefficient (Wildman–Crippen LogP) is 2.61. The number of benzene rings is 1. The molecule has 1 heterocycles. The highest BCUT2D eigenvalue weighted by atomic mass is 32.2. The summed E-state index contributed by atoms with van der Waals surface area (Å²) in [6, 6.07) is 5.83. The topological polar surface area (TPSA) is 34.1 Å². The fraction of sp³-hybridized carbons (Fsp3) is 0.538. The summed E-state index contributed by atoms with van der Waals surface area (Å²) in [5, 5.41) is 0. The molecule has 1 aliphatic rings. The van der Waals surface area contributed by atoms with Gasteiger partial charge >= 0.3 is 0 Å². The van der Waals surface area contributed by atoms with E-state index in [4.69, 9.17) is 0 Å². The summed E-state index contributed by atoms with van der Waals surface area (Å²) in [4.78, 5) is 0.561. The first-order valence-corrected chi connectivity index (χ1v) is 7.49. The fourth-order valence-electron chi connectivity index (χ4n) is 2.29. The van der Waals surface area contributed by atoms with Crippen LogP contribution in [-0.2, 0) is 22.7 Å². The van der Waals surface area contributed by atoms with Gasteiger partial charge in [0, 0.05) is 0 Å². The molecule has 16 heavy (non-hydrogen) atoms. The maximum Gasteiger partial charge on any atom is 0.178 e. The van der Waals surface area contributed by atoms with Gasteiger partial charge in [0.05, 0.1) is 10.6 Å². The Kier molecular flexibility index (Phi) is 3.06. The van der Waals surface area contributed by atoms with Crippen LogP contribution in [0.1, 0.15) is 31.4 Å². The lowest BCUT2D eigenvalue weighted by Crippen LogP contribution is -2.16. The number of hydrogen-bond acceptors (Lipinski definition) is 2. The van der Waals surface area contributed by atoms with Gasteiger partial charge in [0.1, 0.15) is 0 Å². The van der Waals surface area contributed by atoms with Crippen LogP contribution in [0.4, 0.5) is 0 Å². The Hall–Kier alpha value is -0.830. The van der Waals surface area contributed by atoms with Crippen molar-refractivity contribution in [3.63, 3.8) is 0 Å². The molecule has 0 unspecified atom stereocenters. The van der Waals surface area contributed by atoms with E-state index in [2.05, 4.69) is 19.9 Å². The summed E-state index contributed by atoms with van der Waals surface area (Å²) in [5.74, 6) is 0.919. The second kappa shape index (κ2) is 4.21. The maximum absolute atomic E-state index is 11.8. The van der Waals surface area contributed by atoms with Gasteiger partial charge in [-0.1, -0.05) is 26.0 Å². The number of aryl methyl sites for hydroxylation is 1. The Morgan fingerprint density at radius 3 is 2.75 bits per heavy atom. The van der Waals surface area contributed by atoms with Crippen LogP contribution in [0.15, 0.2) is 23.1 Å². The van der Waals surface area contributed by atoms with Gasteiger partial charge in [0.25, 0.3) is 0 Å². The van der Waals surface area contributed by atoms with E-state index >= 15 is 0 Å². The molecule has 0 saturated heterocycles. The zero-order valence-electron chi connectivity index (χ0n) is 9.86. The molecule has 0 saturated carbocycles. The van der Waals surface area contributed by atoms with Gasteiger partial charge in [0.15, 0.2) is 9.84 Å². The van der Waals surface area contributed by atoms with Crippen LogP contribution in [-0.4, -0.2) is 14.2 Å². The summed E-state index contributed by atoms with van der Waals surface area (Å²) < 4.78 is 23.6. The summed E-state index contributed by atoms with van der Waals surface area (Å²) in [7, 11) is -2.99. The molecule has 1 aromatic carbocycles. The Morgan fingerprint density at radius 1 is 1.31 bits per heavy atom. The molecule has 88 valence electrons. The highest BCUT2D eigenvalue weighted by Gasteiger charge is 2.23. The first-order valence-electron chi connectivity index (χ1n) is 5.83. The molecule has 0 N–H and O–H groups in total. The van der Waals surface area contributed by atoms with E-state index in [-0.39, 0.29) is 0 Å². The number of rotatable bonds is 2. The third-order valence-corrected chi connectivity index (χ3v) is 4.86. The molecule has 0 aromatic heterocycles. The minimum Gasteiger partial charge on any atom is -0.224 e. The van der Waals surface area contributed by atoms with Gasteiger partial charge in [-0.2, -0.15) is 0 Å². The van der Waals surface area contributed by atoms with Gasteiger partial charge in [-0.25, -0.2) is 8.42 Å². The number of fused-ring (bicyclic) bond motifs is 1. The van der Waals surface area contributed by atoms with E-state index in [0.717, 1.165) is 24.8 Å². The molecule has 0 spiro atoms. The highest BCUT2D eigenvalue weighted by Crippen LogP contribution is 2.26. The van der Waals surface area contributed by atoms with Gasteiger partial charge in [-0.05, 0) is 42.4 Å². The highest BCUT2D eigenvalue weighted by molar-refractivity contribution is 7.91. The van der Waals surface area contributed by atoms with Crippen molar-refractivity contribution in [3.8, 4) is 0 Å². The third kappa shape index (κ3) is 2.29. The van der Waals surface area contributed by atoms with E-state index in [9.17, 15) is 8.42 Å². The first-order chi connectivity index (χ1) is 7.49. The molecule has 0 bridgehead atoms. The maximum atomic E-state index is 11.8. The lowest BCUT2D eigenvalue weighted by Gasteiger charge is -2.17. The molecule has 0 aliphatic carbocycles. The van der Waals surface area contributed by atoms with E-state index < -0.39 is 9.84 Å². The van der Waals surface area contributed by atoms with E-state index in [1.54, 1.807) is 6.07 Å². The second-order valence-corrected chi connectivity index (χ2v) is 7.04. The summed E-state index contributed by atoms with van der Waals surface area (Å²) in [6.45, 7) is 4.35. The van der Waals surface area contributed by atoms with Crippen molar-refractivity contribution >= 4 is 9.84 Å². The molecule has 0 amide bonds. The zero-order valence-corrected chi connectivity index (χ0v) is 10.7. The van der Waals surface area contributed by atoms with Crippen molar-refractivity contribution in [3.05, 3.63) is 29.3 Å². The zero-order chi connectivity index (χ0) is 11.8. The Morgan fingerprint density at radius 2 is 2.06 bits per heavy atom. The molecule has 1 aliphatic heterocycles. The average Bonchev–Trinajstić information content (AvgIpc) is 2.15. The molecule has 0 fully saturated rings. The van der Waals surface area contributed by atoms with Crippen molar-refractivity contribution in [1.29, 1.82) is 0 Å². The van der Waals surface area contributed by atoms with Crippen LogP contribution in [0.3, 0.4) is 0 Å². The minimum absolute atomic E-state index is 0.309. The van der Waals surface area contributed by atoms with Crippen molar-refractivity contribution in [2.75, 3.05) is 5.75 Å². The number of hydrogen-bond donors (Lipinski definition) is 0. The van der Waals surface area contributed by atoms with E-state index in [0.29, 0.717) is 16.6 Å². The molecular weight excluding hydrogens is 220 g/mol. The molecule has 0 radical (unpaired) electrons. The minimum atomic E-state index is -2.99. The largest absolute Gasteiger partial charge is 0.224 e. The van der Waals surface area contributed by atoms with Gasteiger partial charge in [-0.3, -0.25) is 0 Å². The summed E-state index contributed by atoms with van der Waals surface area (Å²) >= 11 is 0. The van der Waals surface area contributed by atoms with Crippen LogP contribution in [0, 0.1) is 5.92 Å². The molecule has 2 rings (SSSR count). The SMILES string of the molecule is CC(C)Cc1ccc2c(c1)CCCS2(=O)=O. The third-order valence-electron chi connectivity index (χ3n) is 2.96. The van der Waals surface area contributed by atoms with Crippen LogP contribution in [0.5, 0.6) is 0 Å². The van der Waals surface area contributed by atoms with Crippen molar-refractivity contribution < 1.29 is 8.42 Å². The number of sulfone groups is 1. The summed E-state index contributed by atoms with van der Waals surface area (Å²) in [5.41, 5.74) is 2.27. The summed E-state index contributed by atoms with van der Waals surface area (Å²) in [6.07, 6.45) is 2.69. The van der Waals surface area contributed by atoms with Gasteiger partial charge < -0.3 is 0 Å². The normalized spacial score (nSPS) is 18.4. The van der Waals surface area contributed by atoms with Crippen LogP contribution < -0.4 is 0 Å². The van der Waals surface area contributed by atoms with E-state index in [1.165, 1.54) is 5.56 Å². The van der Waals surface area contributed by atoms with E-state index in [1.807, 2.05) is 6.07 Å². The quantitative estimate of drug-likeness (QED) is 0.793. The monoisotopic (exact) mass is 238 g/mol. The van der Waals surface area contributed by atoms with Crippen molar-refractivity contribution in [1.82, 2.24) is 0 Å². The Balaban J connectivity index is 2.40. The molecular formula is C13H18O2S. The first kappa shape index (κ1) is 11.6. The molecule has 3 heteroatoms. The standard InChI is InChI=1S/C13H18O2S/c1-10(2)8-11-5-6-13-12(9-11)4-3-7-16(13,14)15/h5-6,9-10H,3-4,7-8H2,1-2H3. The lowest BCUT2D eigenvalue weighted by molar-refractivity contribution is 0.586. The predicted molar refractivity (Wildman–Crippen MR) is 65.4 cm³/mol. The fourth-order valence-corrected chi connectivity index (χ4v) is 3.87. The Labute approximate surface area is 97.6 Å². The molecule has 2 nitrogen and oxygen atoms in total. The van der Waals surface area contributed by atoms with Crippen LogP contribution >= 0.6 is 0 Å². The smallest absolute Gasteiger partial charge is 0.178 e. The second-order valence-electron chi connectivity index (χ2n) is 4.96. The Bertz CT molecular complexity index is 487. The van der Waals surface area contributed by atoms with Crippen LogP contribution in [0.2, 0.25) is 0 Å². The molecule has 0 atom stereocenters. The average molecular weight is 238 g/mol. The van der Waals surface area contributed by atoms with Gasteiger partial charge in [0.2, 0.25) is 0 Å². The van der Waals surface area contributed by atoms with Gasteiger partial charge in [-0.15, -0.1) is 0 Å². The molecule has 1 aromatic rings. The van der Waals surface area contributed by atoms with Crippen LogP contribution in [0.25, 0.3) is 0 Å². The lowest BCUT2D eigenvalue weighted by atomic mass is 9.99. The van der Waals surface area contributed by atoms with Crippen molar-refractivity contribution in [2.24, 2.45) is 5.92 Å². The van der Waals surface area contributed by atoms with Crippen molar-refractivity contribution in [2.45, 2.75) is 38.0 Å².